The Balaban J connectivity index is 2.05. The Morgan fingerprint density at radius 2 is 2.22 bits per heavy atom. The van der Waals surface area contributed by atoms with Crippen molar-refractivity contribution < 1.29 is 0 Å². The molecule has 0 amide bonds. The van der Waals surface area contributed by atoms with Crippen LogP contribution in [0.1, 0.15) is 52.3 Å². The molecule has 2 heterocycles. The van der Waals surface area contributed by atoms with E-state index in [-0.39, 0.29) is 5.54 Å². The van der Waals surface area contributed by atoms with E-state index in [0.29, 0.717) is 5.92 Å². The van der Waals surface area contributed by atoms with Crippen molar-refractivity contribution in [2.45, 2.75) is 65.0 Å². The monoisotopic (exact) mass is 250 g/mol. The van der Waals surface area contributed by atoms with E-state index in [4.69, 9.17) is 0 Å². The maximum absolute atomic E-state index is 4.45. The first-order valence-corrected chi connectivity index (χ1v) is 7.21. The lowest BCUT2D eigenvalue weighted by Gasteiger charge is -2.29. The Hall–Kier alpha value is -0.900. The third kappa shape index (κ3) is 3.55. The van der Waals surface area contributed by atoms with Gasteiger partial charge in [0.05, 0.1) is 0 Å². The number of nitrogens with one attached hydrogen (secondary N) is 1. The highest BCUT2D eigenvalue weighted by atomic mass is 15.3. The molecule has 1 unspecified atom stereocenters. The van der Waals surface area contributed by atoms with Crippen LogP contribution in [0.25, 0.3) is 0 Å². The number of hydrogen-bond acceptors (Lipinski definition) is 3. The number of aromatic nitrogens is 3. The summed E-state index contributed by atoms with van der Waals surface area (Å²) >= 11 is 0. The van der Waals surface area contributed by atoms with E-state index in [1.165, 1.54) is 25.7 Å². The molecule has 0 aromatic carbocycles. The van der Waals surface area contributed by atoms with E-state index < -0.39 is 0 Å². The van der Waals surface area contributed by atoms with Crippen molar-refractivity contribution in [1.29, 1.82) is 0 Å². The zero-order chi connectivity index (χ0) is 13.0. The molecule has 0 saturated carbocycles. The van der Waals surface area contributed by atoms with Crippen LogP contribution in [-0.4, -0.2) is 26.8 Å². The Bertz CT molecular complexity index is 362. The van der Waals surface area contributed by atoms with E-state index >= 15 is 0 Å². The lowest BCUT2D eigenvalue weighted by Crippen LogP contribution is -2.44. The SMILES string of the molecule is CC(C)Cn1ncnc1CC1(C)CCCCCN1. The molecule has 1 fully saturated rings. The predicted octanol–water partition coefficient (Wildman–Crippen LogP) is 2.40. The fourth-order valence-electron chi connectivity index (χ4n) is 2.72. The van der Waals surface area contributed by atoms with Crippen molar-refractivity contribution >= 4 is 0 Å². The van der Waals surface area contributed by atoms with Crippen LogP contribution in [-0.2, 0) is 13.0 Å². The second-order valence-corrected chi connectivity index (χ2v) is 6.23. The normalized spacial score (nSPS) is 25.3. The Morgan fingerprint density at radius 3 is 3.00 bits per heavy atom. The molecule has 2 rings (SSSR count). The van der Waals surface area contributed by atoms with Gasteiger partial charge < -0.3 is 5.32 Å². The van der Waals surface area contributed by atoms with Gasteiger partial charge in [-0.15, -0.1) is 0 Å². The summed E-state index contributed by atoms with van der Waals surface area (Å²) in [6, 6.07) is 0. The first-order valence-electron chi connectivity index (χ1n) is 7.21. The lowest BCUT2D eigenvalue weighted by atomic mass is 9.92. The van der Waals surface area contributed by atoms with Gasteiger partial charge in [0.15, 0.2) is 0 Å². The first-order chi connectivity index (χ1) is 8.59. The minimum absolute atomic E-state index is 0.193. The molecule has 1 aromatic rings. The molecule has 1 aliphatic rings. The van der Waals surface area contributed by atoms with Gasteiger partial charge in [0.25, 0.3) is 0 Å². The second-order valence-electron chi connectivity index (χ2n) is 6.23. The molecule has 0 aliphatic carbocycles. The molecule has 1 N–H and O–H groups in total. The van der Waals surface area contributed by atoms with Crippen molar-refractivity contribution in [3.05, 3.63) is 12.2 Å². The highest BCUT2D eigenvalue weighted by molar-refractivity contribution is 4.98. The summed E-state index contributed by atoms with van der Waals surface area (Å²) in [5, 5.41) is 8.05. The smallest absolute Gasteiger partial charge is 0.138 e. The standard InChI is InChI=1S/C14H26N4/c1-12(2)10-18-13(15-11-17-18)9-14(3)7-5-4-6-8-16-14/h11-12,16H,4-10H2,1-3H3. The molecule has 1 aromatic heterocycles. The van der Waals surface area contributed by atoms with Gasteiger partial charge >= 0.3 is 0 Å². The molecular formula is C14H26N4. The van der Waals surface area contributed by atoms with Crippen molar-refractivity contribution in [3.8, 4) is 0 Å². The lowest BCUT2D eigenvalue weighted by molar-refractivity contribution is 0.328. The zero-order valence-electron chi connectivity index (χ0n) is 11.9. The summed E-state index contributed by atoms with van der Waals surface area (Å²) in [6.07, 6.45) is 7.89. The van der Waals surface area contributed by atoms with Gasteiger partial charge in [0.2, 0.25) is 0 Å². The first kappa shape index (κ1) is 13.5. The average Bonchev–Trinajstić information content (AvgIpc) is 2.59. The van der Waals surface area contributed by atoms with Crippen LogP contribution in [0.5, 0.6) is 0 Å². The predicted molar refractivity (Wildman–Crippen MR) is 73.4 cm³/mol. The summed E-state index contributed by atoms with van der Waals surface area (Å²) in [5.74, 6) is 1.74. The third-order valence-corrected chi connectivity index (χ3v) is 3.74. The highest BCUT2D eigenvalue weighted by Gasteiger charge is 2.27. The van der Waals surface area contributed by atoms with Crippen molar-refractivity contribution in [2.24, 2.45) is 5.92 Å². The van der Waals surface area contributed by atoms with Crippen LogP contribution in [0, 0.1) is 5.92 Å². The third-order valence-electron chi connectivity index (χ3n) is 3.74. The van der Waals surface area contributed by atoms with E-state index in [1.54, 1.807) is 6.33 Å². The van der Waals surface area contributed by atoms with Gasteiger partial charge in [0.1, 0.15) is 12.2 Å². The largest absolute Gasteiger partial charge is 0.311 e. The van der Waals surface area contributed by atoms with Gasteiger partial charge in [-0.25, -0.2) is 9.67 Å². The summed E-state index contributed by atoms with van der Waals surface area (Å²) in [6.45, 7) is 8.86. The van der Waals surface area contributed by atoms with Crippen LogP contribution in [0.3, 0.4) is 0 Å². The fourth-order valence-corrected chi connectivity index (χ4v) is 2.72. The summed E-state index contributed by atoms with van der Waals surface area (Å²) < 4.78 is 2.07. The Labute approximate surface area is 110 Å². The van der Waals surface area contributed by atoms with Crippen LogP contribution in [0.15, 0.2) is 6.33 Å². The quantitative estimate of drug-likeness (QED) is 0.892. The molecule has 102 valence electrons. The highest BCUT2D eigenvalue weighted by Crippen LogP contribution is 2.22. The van der Waals surface area contributed by atoms with Gasteiger partial charge in [-0.05, 0) is 32.2 Å². The van der Waals surface area contributed by atoms with Gasteiger partial charge in [-0.2, -0.15) is 5.10 Å². The van der Waals surface area contributed by atoms with E-state index in [9.17, 15) is 0 Å². The van der Waals surface area contributed by atoms with E-state index in [1.807, 2.05) is 0 Å². The van der Waals surface area contributed by atoms with Crippen molar-refractivity contribution in [3.63, 3.8) is 0 Å². The second kappa shape index (κ2) is 5.83. The zero-order valence-corrected chi connectivity index (χ0v) is 11.9. The van der Waals surface area contributed by atoms with Gasteiger partial charge in [0, 0.05) is 18.5 Å². The van der Waals surface area contributed by atoms with Crippen LogP contribution >= 0.6 is 0 Å². The maximum Gasteiger partial charge on any atom is 0.138 e. The maximum atomic E-state index is 4.45. The minimum Gasteiger partial charge on any atom is -0.311 e. The van der Waals surface area contributed by atoms with Crippen LogP contribution < -0.4 is 5.32 Å². The van der Waals surface area contributed by atoms with Gasteiger partial charge in [-0.1, -0.05) is 26.7 Å². The van der Waals surface area contributed by atoms with E-state index in [2.05, 4.69) is 40.9 Å². The van der Waals surface area contributed by atoms with Gasteiger partial charge in [-0.3, -0.25) is 0 Å². The average molecular weight is 250 g/mol. The van der Waals surface area contributed by atoms with Crippen LogP contribution in [0.2, 0.25) is 0 Å². The molecule has 1 atom stereocenters. The van der Waals surface area contributed by atoms with Crippen LogP contribution in [0.4, 0.5) is 0 Å². The molecule has 0 bridgehead atoms. The molecular weight excluding hydrogens is 224 g/mol. The molecule has 1 saturated heterocycles. The fraction of sp³-hybridized carbons (Fsp3) is 0.857. The number of rotatable bonds is 4. The summed E-state index contributed by atoms with van der Waals surface area (Å²) in [5.41, 5.74) is 0.193. The molecule has 18 heavy (non-hydrogen) atoms. The molecule has 4 heteroatoms. The molecule has 0 spiro atoms. The Kier molecular flexibility index (Phi) is 4.38. The number of nitrogens with zero attached hydrogens (tertiary/aromatic N) is 3. The Morgan fingerprint density at radius 1 is 1.39 bits per heavy atom. The summed E-state index contributed by atoms with van der Waals surface area (Å²) in [4.78, 5) is 4.45. The topological polar surface area (TPSA) is 42.7 Å². The van der Waals surface area contributed by atoms with Crippen molar-refractivity contribution in [2.75, 3.05) is 6.54 Å². The molecule has 0 radical (unpaired) electrons. The molecule has 4 nitrogen and oxygen atoms in total. The minimum atomic E-state index is 0.193. The van der Waals surface area contributed by atoms with Crippen molar-refractivity contribution in [1.82, 2.24) is 20.1 Å². The summed E-state index contributed by atoms with van der Waals surface area (Å²) in [7, 11) is 0. The molecule has 1 aliphatic heterocycles. The number of hydrogen-bond donors (Lipinski definition) is 1. The van der Waals surface area contributed by atoms with E-state index in [0.717, 1.165) is 25.3 Å².